The molecule has 2 aliphatic heterocycles. The number of piperidine rings is 1. The predicted molar refractivity (Wildman–Crippen MR) is 87.0 cm³/mol. The van der Waals surface area contributed by atoms with Gasteiger partial charge in [0.15, 0.2) is 5.79 Å². The molecule has 0 bridgehead atoms. The molecule has 29 heavy (non-hydrogen) atoms. The minimum absolute atomic E-state index is 0.244. The molecule has 1 aromatic rings. The van der Waals surface area contributed by atoms with Gasteiger partial charge in [-0.05, 0) is 18.2 Å². The Morgan fingerprint density at radius 1 is 1.10 bits per heavy atom. The van der Waals surface area contributed by atoms with Gasteiger partial charge in [0, 0.05) is 32.5 Å². The van der Waals surface area contributed by atoms with Gasteiger partial charge in [0.2, 0.25) is 6.10 Å². The Labute approximate surface area is 162 Å². The number of alkyl halides is 6. The minimum atomic E-state index is -4.87. The summed E-state index contributed by atoms with van der Waals surface area (Å²) in [5.41, 5.74) is -1.74. The highest BCUT2D eigenvalue weighted by Crippen LogP contribution is 2.33. The Balaban J connectivity index is 1.65. The lowest BCUT2D eigenvalue weighted by atomic mass is 10.0. The highest BCUT2D eigenvalue weighted by atomic mass is 19.4. The van der Waals surface area contributed by atoms with Crippen LogP contribution in [0.5, 0.6) is 0 Å². The first kappa shape index (κ1) is 21.8. The molecule has 11 heteroatoms. The van der Waals surface area contributed by atoms with E-state index >= 15 is 0 Å². The summed E-state index contributed by atoms with van der Waals surface area (Å²) < 4.78 is 94.0. The molecule has 162 valence electrons. The third-order valence-corrected chi connectivity index (χ3v) is 4.90. The summed E-state index contributed by atoms with van der Waals surface area (Å²) in [6, 6.07) is 3.10. The number of halogens is 6. The lowest BCUT2D eigenvalue weighted by molar-refractivity contribution is -0.217. The third kappa shape index (κ3) is 5.40. The smallest absolute Gasteiger partial charge is 0.426 e. The first-order valence-electron chi connectivity index (χ1n) is 8.94. The number of nitrogens with zero attached hydrogens (tertiary/aromatic N) is 1. The van der Waals surface area contributed by atoms with Crippen molar-refractivity contribution >= 4 is 5.97 Å². The summed E-state index contributed by atoms with van der Waals surface area (Å²) >= 11 is 0. The van der Waals surface area contributed by atoms with Gasteiger partial charge in [-0.2, -0.15) is 26.3 Å². The van der Waals surface area contributed by atoms with Crippen LogP contribution in [-0.2, 0) is 20.4 Å². The molecular formula is C18H19F6NO4. The van der Waals surface area contributed by atoms with Crippen LogP contribution >= 0.6 is 0 Å². The van der Waals surface area contributed by atoms with Gasteiger partial charge >= 0.3 is 18.3 Å². The van der Waals surface area contributed by atoms with Crippen molar-refractivity contribution in [1.29, 1.82) is 0 Å². The van der Waals surface area contributed by atoms with E-state index in [0.717, 1.165) is 18.2 Å². The van der Waals surface area contributed by atoms with Crippen molar-refractivity contribution in [1.82, 2.24) is 4.90 Å². The van der Waals surface area contributed by atoms with E-state index in [-0.39, 0.29) is 13.1 Å². The molecule has 0 aromatic heterocycles. The minimum Gasteiger partial charge on any atom is -0.448 e. The fourth-order valence-corrected chi connectivity index (χ4v) is 3.32. The van der Waals surface area contributed by atoms with Crippen LogP contribution in [0.15, 0.2) is 24.3 Å². The van der Waals surface area contributed by atoms with Crippen LogP contribution in [0, 0.1) is 0 Å². The molecule has 5 nitrogen and oxygen atoms in total. The van der Waals surface area contributed by atoms with Crippen LogP contribution in [0.3, 0.4) is 0 Å². The summed E-state index contributed by atoms with van der Waals surface area (Å²) in [4.78, 5) is 13.5. The molecule has 3 rings (SSSR count). The van der Waals surface area contributed by atoms with Gasteiger partial charge < -0.3 is 14.2 Å². The maximum atomic E-state index is 13.4. The number of benzene rings is 1. The van der Waals surface area contributed by atoms with Crippen molar-refractivity contribution in [2.24, 2.45) is 0 Å². The Hall–Kier alpha value is -1.85. The van der Waals surface area contributed by atoms with Crippen LogP contribution in [0.2, 0.25) is 0 Å². The van der Waals surface area contributed by atoms with Crippen LogP contribution in [0.4, 0.5) is 26.3 Å². The number of ether oxygens (including phenoxy) is 3. The second-order valence-electron chi connectivity index (χ2n) is 6.92. The molecule has 2 fully saturated rings. The Morgan fingerprint density at radius 3 is 2.28 bits per heavy atom. The van der Waals surface area contributed by atoms with E-state index in [1.54, 1.807) is 0 Å². The zero-order chi connectivity index (χ0) is 21.3. The fourth-order valence-electron chi connectivity index (χ4n) is 3.32. The number of hydrogen-bond acceptors (Lipinski definition) is 5. The van der Waals surface area contributed by atoms with Crippen molar-refractivity contribution in [2.45, 2.75) is 37.1 Å². The normalized spacial score (nSPS) is 21.3. The Morgan fingerprint density at radius 2 is 1.72 bits per heavy atom. The van der Waals surface area contributed by atoms with Crippen molar-refractivity contribution in [3.05, 3.63) is 35.4 Å². The second kappa shape index (κ2) is 8.11. The second-order valence-corrected chi connectivity index (χ2v) is 6.92. The van der Waals surface area contributed by atoms with E-state index in [1.165, 1.54) is 4.90 Å². The summed E-state index contributed by atoms with van der Waals surface area (Å²) in [5.74, 6) is -2.23. The zero-order valence-electron chi connectivity index (χ0n) is 15.2. The topological polar surface area (TPSA) is 48.0 Å². The maximum absolute atomic E-state index is 13.4. The number of likely N-dealkylation sites (tertiary alicyclic amines) is 1. The van der Waals surface area contributed by atoms with Crippen molar-refractivity contribution in [3.63, 3.8) is 0 Å². The van der Waals surface area contributed by atoms with Gasteiger partial charge in [-0.25, -0.2) is 4.79 Å². The molecule has 1 atom stereocenters. The molecule has 2 heterocycles. The summed E-state index contributed by atoms with van der Waals surface area (Å²) in [6.07, 6.45) is -11.3. The van der Waals surface area contributed by atoms with E-state index in [9.17, 15) is 31.1 Å². The Kier molecular flexibility index (Phi) is 6.11. The van der Waals surface area contributed by atoms with Crippen molar-refractivity contribution in [2.75, 3.05) is 32.8 Å². The van der Waals surface area contributed by atoms with E-state index in [0.29, 0.717) is 32.1 Å². The van der Waals surface area contributed by atoms with Gasteiger partial charge in [-0.3, -0.25) is 4.90 Å². The molecule has 0 radical (unpaired) electrons. The lowest BCUT2D eigenvalue weighted by Gasteiger charge is -2.38. The number of carbonyl (C=O) groups excluding carboxylic acids is 1. The number of esters is 1. The molecule has 0 unspecified atom stereocenters. The molecule has 0 aliphatic carbocycles. The van der Waals surface area contributed by atoms with Gasteiger partial charge in [-0.15, -0.1) is 0 Å². The molecule has 0 N–H and O–H groups in total. The molecule has 0 saturated carbocycles. The molecular weight excluding hydrogens is 408 g/mol. The first-order chi connectivity index (χ1) is 13.5. The van der Waals surface area contributed by atoms with E-state index in [4.69, 9.17) is 9.47 Å². The fraction of sp³-hybridized carbons (Fsp3) is 0.611. The van der Waals surface area contributed by atoms with Gasteiger partial charge in [0.05, 0.1) is 24.3 Å². The summed E-state index contributed by atoms with van der Waals surface area (Å²) in [5, 5.41) is 0. The highest BCUT2D eigenvalue weighted by molar-refractivity contribution is 5.89. The van der Waals surface area contributed by atoms with Crippen molar-refractivity contribution in [3.8, 4) is 0 Å². The summed E-state index contributed by atoms with van der Waals surface area (Å²) in [6.45, 7) is 0.727. The van der Waals surface area contributed by atoms with Crippen LogP contribution < -0.4 is 0 Å². The monoisotopic (exact) mass is 427 g/mol. The number of hydrogen-bond donors (Lipinski definition) is 0. The van der Waals surface area contributed by atoms with Gasteiger partial charge in [0.1, 0.15) is 0 Å². The van der Waals surface area contributed by atoms with Crippen LogP contribution in [0.1, 0.15) is 28.8 Å². The lowest BCUT2D eigenvalue weighted by Crippen LogP contribution is -2.50. The Bertz CT molecular complexity index is 720. The number of rotatable bonds is 4. The largest absolute Gasteiger partial charge is 0.448 e. The maximum Gasteiger partial charge on any atom is 0.426 e. The molecule has 1 aromatic carbocycles. The first-order valence-corrected chi connectivity index (χ1v) is 8.94. The molecule has 2 saturated heterocycles. The van der Waals surface area contributed by atoms with E-state index in [2.05, 4.69) is 4.74 Å². The number of carbonyl (C=O) groups is 1. The molecule has 0 amide bonds. The molecule has 1 spiro atoms. The molecule has 2 aliphatic rings. The van der Waals surface area contributed by atoms with Crippen LogP contribution in [-0.4, -0.2) is 61.8 Å². The van der Waals surface area contributed by atoms with E-state index < -0.39 is 47.9 Å². The average Bonchev–Trinajstić information content (AvgIpc) is 3.10. The van der Waals surface area contributed by atoms with Crippen LogP contribution in [0.25, 0.3) is 0 Å². The standard InChI is InChI=1S/C18H19F6NO4/c19-17(20,21)13-3-1-2-12(10-13)15(26)29-14(18(22,23)24)11-25-6-4-16(5-7-25)27-8-9-28-16/h1-3,10,14H,4-9,11H2/t14-/m0/s1. The highest BCUT2D eigenvalue weighted by Gasteiger charge is 2.46. The zero-order valence-corrected chi connectivity index (χ0v) is 15.2. The predicted octanol–water partition coefficient (Wildman–Crippen LogP) is 3.63. The SMILES string of the molecule is O=C(O[C@@H](CN1CCC2(CC1)OCCO2)C(F)(F)F)c1cccc(C(F)(F)F)c1. The average molecular weight is 427 g/mol. The van der Waals surface area contributed by atoms with Crippen molar-refractivity contribution < 1.29 is 45.3 Å². The summed E-state index contributed by atoms with van der Waals surface area (Å²) in [7, 11) is 0. The van der Waals surface area contributed by atoms with Gasteiger partial charge in [0.25, 0.3) is 0 Å². The van der Waals surface area contributed by atoms with E-state index in [1.807, 2.05) is 0 Å². The van der Waals surface area contributed by atoms with Gasteiger partial charge in [-0.1, -0.05) is 6.07 Å². The quantitative estimate of drug-likeness (QED) is 0.543. The third-order valence-electron chi connectivity index (χ3n) is 4.90.